The van der Waals surface area contributed by atoms with Gasteiger partial charge in [0.05, 0.1) is 6.61 Å². The molecule has 166 valence electrons. The number of benzene rings is 1. The molecule has 0 fully saturated rings. The molecule has 0 aliphatic heterocycles. The van der Waals surface area contributed by atoms with Gasteiger partial charge in [0.2, 0.25) is 11.8 Å². The number of alkyl carbamates (subject to hydrolysis) is 1. The summed E-state index contributed by atoms with van der Waals surface area (Å²) in [6, 6.07) is 6.44. The molecule has 1 aromatic carbocycles. The van der Waals surface area contributed by atoms with Gasteiger partial charge in [-0.25, -0.2) is 4.79 Å². The molecule has 0 saturated heterocycles. The third kappa shape index (κ3) is 7.87. The molecule has 30 heavy (non-hydrogen) atoms. The minimum absolute atomic E-state index is 0.0381. The summed E-state index contributed by atoms with van der Waals surface area (Å²) < 4.78 is 5.17. The van der Waals surface area contributed by atoms with E-state index in [1.165, 1.54) is 11.0 Å². The molecule has 0 aliphatic rings. The van der Waals surface area contributed by atoms with Crippen molar-refractivity contribution in [2.24, 2.45) is 0 Å². The fourth-order valence-electron chi connectivity index (χ4n) is 2.77. The molecule has 1 rings (SSSR count). The second-order valence-corrected chi connectivity index (χ2v) is 8.14. The van der Waals surface area contributed by atoms with Crippen molar-refractivity contribution in [3.8, 4) is 0 Å². The van der Waals surface area contributed by atoms with Crippen molar-refractivity contribution in [2.45, 2.75) is 58.3 Å². The second-order valence-electron chi connectivity index (χ2n) is 8.14. The Hall–Kier alpha value is -2.87. The van der Waals surface area contributed by atoms with E-state index in [4.69, 9.17) is 4.74 Å². The molecule has 8 heteroatoms. The average molecular weight is 420 g/mol. The first-order valence-corrected chi connectivity index (χ1v) is 9.87. The van der Waals surface area contributed by atoms with Crippen LogP contribution in [0, 0.1) is 0 Å². The van der Waals surface area contributed by atoms with Gasteiger partial charge < -0.3 is 25.4 Å². The predicted molar refractivity (Wildman–Crippen MR) is 115 cm³/mol. The summed E-state index contributed by atoms with van der Waals surface area (Å²) in [6.07, 6.45) is 0.648. The molecule has 0 saturated carbocycles. The molecule has 0 aromatic heterocycles. The van der Waals surface area contributed by atoms with E-state index >= 15 is 0 Å². The van der Waals surface area contributed by atoms with Gasteiger partial charge in [-0.15, -0.1) is 6.58 Å². The first kappa shape index (κ1) is 25.2. The number of amides is 3. The van der Waals surface area contributed by atoms with Crippen molar-refractivity contribution in [3.05, 3.63) is 48.6 Å². The van der Waals surface area contributed by atoms with Crippen molar-refractivity contribution < 1.29 is 24.2 Å². The van der Waals surface area contributed by atoms with Crippen LogP contribution in [0.15, 0.2) is 43.0 Å². The lowest BCUT2D eigenvalue weighted by molar-refractivity contribution is -0.142. The van der Waals surface area contributed by atoms with E-state index in [1.807, 2.05) is 13.8 Å². The number of nitrogens with one attached hydrogen (secondary N) is 2. The molecule has 2 unspecified atom stereocenters. The molecule has 1 aromatic rings. The largest absolute Gasteiger partial charge is 0.444 e. The van der Waals surface area contributed by atoms with Gasteiger partial charge in [-0.2, -0.15) is 0 Å². The lowest BCUT2D eigenvalue weighted by Gasteiger charge is -2.33. The maximum absolute atomic E-state index is 13.2. The third-order valence-corrected chi connectivity index (χ3v) is 3.89. The van der Waals surface area contributed by atoms with E-state index in [1.54, 1.807) is 51.1 Å². The summed E-state index contributed by atoms with van der Waals surface area (Å²) in [5.74, 6) is -1.00. The second kappa shape index (κ2) is 11.3. The third-order valence-electron chi connectivity index (χ3n) is 3.89. The Bertz CT molecular complexity index is 728. The topological polar surface area (TPSA) is 108 Å². The minimum atomic E-state index is -1.28. The lowest BCUT2D eigenvalue weighted by Crippen LogP contribution is -2.54. The van der Waals surface area contributed by atoms with Gasteiger partial charge >= 0.3 is 6.09 Å². The molecule has 3 N–H and O–H groups in total. The Morgan fingerprint density at radius 2 is 1.77 bits per heavy atom. The number of ether oxygens (including phenoxy) is 1. The zero-order valence-electron chi connectivity index (χ0n) is 18.3. The van der Waals surface area contributed by atoms with Crippen LogP contribution in [0.5, 0.6) is 0 Å². The SMILES string of the molecule is C=CCN(C(=O)C(CO)NC(=O)OC(C)(C)C)C(C(=O)NC(C)C)c1ccccc1. The first-order chi connectivity index (χ1) is 14.0. The number of aliphatic hydroxyl groups is 1. The van der Waals surface area contributed by atoms with Gasteiger partial charge in [0.1, 0.15) is 17.7 Å². The standard InChI is InChI=1S/C22H33N3O5/c1-7-13-25(20(28)17(14-26)24-21(29)30-22(4,5)6)18(19(27)23-15(2)3)16-11-9-8-10-12-16/h7-12,15,17-18,26H,1,13-14H2,2-6H3,(H,23,27)(H,24,29). The van der Waals surface area contributed by atoms with Crippen LogP contribution in [-0.4, -0.2) is 58.8 Å². The number of hydrogen-bond donors (Lipinski definition) is 3. The Labute approximate surface area is 178 Å². The van der Waals surface area contributed by atoms with Crippen LogP contribution in [0.3, 0.4) is 0 Å². The van der Waals surface area contributed by atoms with Gasteiger partial charge in [0.25, 0.3) is 0 Å². The monoisotopic (exact) mass is 419 g/mol. The normalized spacial score (nSPS) is 13.2. The molecule has 8 nitrogen and oxygen atoms in total. The van der Waals surface area contributed by atoms with Crippen molar-refractivity contribution in [3.63, 3.8) is 0 Å². The molecule has 0 spiro atoms. The van der Waals surface area contributed by atoms with Gasteiger partial charge in [0.15, 0.2) is 0 Å². The van der Waals surface area contributed by atoms with Crippen molar-refractivity contribution in [1.29, 1.82) is 0 Å². The quantitative estimate of drug-likeness (QED) is 0.532. The number of nitrogens with zero attached hydrogens (tertiary/aromatic N) is 1. The molecule has 0 radical (unpaired) electrons. The highest BCUT2D eigenvalue weighted by Gasteiger charge is 2.35. The minimum Gasteiger partial charge on any atom is -0.444 e. The fraction of sp³-hybridized carbons (Fsp3) is 0.500. The van der Waals surface area contributed by atoms with Gasteiger partial charge in [-0.05, 0) is 40.2 Å². The number of carbonyl (C=O) groups excluding carboxylic acids is 3. The van der Waals surface area contributed by atoms with Crippen LogP contribution < -0.4 is 10.6 Å². The summed E-state index contributed by atoms with van der Waals surface area (Å²) in [5, 5.41) is 15.0. The Morgan fingerprint density at radius 1 is 1.17 bits per heavy atom. The Kier molecular flexibility index (Phi) is 9.52. The van der Waals surface area contributed by atoms with E-state index in [-0.39, 0.29) is 18.5 Å². The number of rotatable bonds is 9. The number of carbonyl (C=O) groups is 3. The maximum atomic E-state index is 13.2. The van der Waals surface area contributed by atoms with E-state index in [0.29, 0.717) is 5.56 Å². The van der Waals surface area contributed by atoms with E-state index in [9.17, 15) is 19.5 Å². The van der Waals surface area contributed by atoms with Crippen LogP contribution in [0.1, 0.15) is 46.2 Å². The zero-order valence-corrected chi connectivity index (χ0v) is 18.3. The van der Waals surface area contributed by atoms with Gasteiger partial charge in [-0.1, -0.05) is 36.4 Å². The molecule has 0 aliphatic carbocycles. The molecule has 3 amide bonds. The van der Waals surface area contributed by atoms with Crippen molar-refractivity contribution in [1.82, 2.24) is 15.5 Å². The summed E-state index contributed by atoms with van der Waals surface area (Å²) in [6.45, 7) is 11.8. The van der Waals surface area contributed by atoms with E-state index in [0.717, 1.165) is 0 Å². The Morgan fingerprint density at radius 3 is 2.23 bits per heavy atom. The fourth-order valence-corrected chi connectivity index (χ4v) is 2.77. The molecule has 0 bridgehead atoms. The highest BCUT2D eigenvalue weighted by atomic mass is 16.6. The highest BCUT2D eigenvalue weighted by molar-refractivity contribution is 5.92. The van der Waals surface area contributed by atoms with Crippen LogP contribution in [-0.2, 0) is 14.3 Å². The summed E-state index contributed by atoms with van der Waals surface area (Å²) in [5.41, 5.74) is -0.169. The van der Waals surface area contributed by atoms with Crippen LogP contribution in [0.2, 0.25) is 0 Å². The predicted octanol–water partition coefficient (Wildman–Crippen LogP) is 2.15. The molecule has 2 atom stereocenters. The maximum Gasteiger partial charge on any atom is 0.408 e. The number of aliphatic hydroxyl groups excluding tert-OH is 1. The van der Waals surface area contributed by atoms with Crippen molar-refractivity contribution >= 4 is 17.9 Å². The summed E-state index contributed by atoms with van der Waals surface area (Å²) >= 11 is 0. The van der Waals surface area contributed by atoms with E-state index in [2.05, 4.69) is 17.2 Å². The summed E-state index contributed by atoms with van der Waals surface area (Å²) in [7, 11) is 0. The summed E-state index contributed by atoms with van der Waals surface area (Å²) in [4.78, 5) is 39.6. The van der Waals surface area contributed by atoms with Crippen LogP contribution >= 0.6 is 0 Å². The van der Waals surface area contributed by atoms with Gasteiger partial charge in [0, 0.05) is 12.6 Å². The van der Waals surface area contributed by atoms with Crippen molar-refractivity contribution in [2.75, 3.05) is 13.2 Å². The van der Waals surface area contributed by atoms with Gasteiger partial charge in [-0.3, -0.25) is 9.59 Å². The smallest absolute Gasteiger partial charge is 0.408 e. The lowest BCUT2D eigenvalue weighted by atomic mass is 10.0. The first-order valence-electron chi connectivity index (χ1n) is 9.87. The average Bonchev–Trinajstić information content (AvgIpc) is 2.64. The van der Waals surface area contributed by atoms with Crippen LogP contribution in [0.4, 0.5) is 4.79 Å². The zero-order chi connectivity index (χ0) is 22.9. The Balaban J connectivity index is 3.24. The molecule has 0 heterocycles. The molecular formula is C22H33N3O5. The van der Waals surface area contributed by atoms with Crippen LogP contribution in [0.25, 0.3) is 0 Å². The number of hydrogen-bond acceptors (Lipinski definition) is 5. The van der Waals surface area contributed by atoms with E-state index < -0.39 is 36.3 Å². The highest BCUT2D eigenvalue weighted by Crippen LogP contribution is 2.22. The molecular weight excluding hydrogens is 386 g/mol.